The van der Waals surface area contributed by atoms with E-state index in [-0.39, 0.29) is 5.25 Å². The van der Waals surface area contributed by atoms with Crippen LogP contribution in [-0.4, -0.2) is 11.0 Å². The van der Waals surface area contributed by atoms with Crippen LogP contribution in [0.3, 0.4) is 0 Å². The van der Waals surface area contributed by atoms with Gasteiger partial charge < -0.3 is 0 Å². The van der Waals surface area contributed by atoms with E-state index in [1.807, 2.05) is 0 Å². The fraction of sp³-hybridized carbons (Fsp3) is 0.312. The van der Waals surface area contributed by atoms with Crippen LogP contribution < -0.4 is 0 Å². The predicted octanol–water partition coefficient (Wildman–Crippen LogP) is 4.44. The number of ketones is 1. The number of thioether (sulfide) groups is 1. The summed E-state index contributed by atoms with van der Waals surface area (Å²) in [6.07, 6.45) is 4.08. The third kappa shape index (κ3) is 2.44. The van der Waals surface area contributed by atoms with Crippen LogP contribution >= 0.6 is 11.8 Å². The highest BCUT2D eigenvalue weighted by Crippen LogP contribution is 2.33. The summed E-state index contributed by atoms with van der Waals surface area (Å²) in [5.41, 5.74) is 0. The van der Waals surface area contributed by atoms with Gasteiger partial charge in [0.25, 0.3) is 0 Å². The molecule has 2 aromatic rings. The van der Waals surface area contributed by atoms with Crippen molar-refractivity contribution < 1.29 is 4.79 Å². The van der Waals surface area contributed by atoms with Crippen molar-refractivity contribution >= 4 is 28.3 Å². The van der Waals surface area contributed by atoms with Crippen LogP contribution in [0.15, 0.2) is 47.4 Å². The Hall–Kier alpha value is -1.28. The second-order valence-electron chi connectivity index (χ2n) is 4.83. The van der Waals surface area contributed by atoms with Gasteiger partial charge in [-0.2, -0.15) is 0 Å². The van der Waals surface area contributed by atoms with E-state index in [1.165, 1.54) is 22.1 Å². The van der Waals surface area contributed by atoms with Crippen molar-refractivity contribution in [3.05, 3.63) is 42.5 Å². The Kier molecular flexibility index (Phi) is 3.37. The first-order valence-electron chi connectivity index (χ1n) is 6.51. The quantitative estimate of drug-likeness (QED) is 0.790. The van der Waals surface area contributed by atoms with Gasteiger partial charge in [-0.05, 0) is 35.7 Å². The first kappa shape index (κ1) is 11.8. The maximum absolute atomic E-state index is 11.8. The third-order valence-electron chi connectivity index (χ3n) is 3.50. The van der Waals surface area contributed by atoms with Crippen molar-refractivity contribution in [1.82, 2.24) is 0 Å². The summed E-state index contributed by atoms with van der Waals surface area (Å²) >= 11 is 1.74. The second-order valence-corrected chi connectivity index (χ2v) is 6.10. The van der Waals surface area contributed by atoms with E-state index in [2.05, 4.69) is 42.5 Å². The second kappa shape index (κ2) is 5.15. The fourth-order valence-corrected chi connectivity index (χ4v) is 3.68. The molecule has 0 radical (unpaired) electrons. The first-order valence-corrected chi connectivity index (χ1v) is 7.39. The van der Waals surface area contributed by atoms with Crippen LogP contribution in [0, 0.1) is 0 Å². The molecule has 0 bridgehead atoms. The highest BCUT2D eigenvalue weighted by atomic mass is 32.2. The normalized spacial score (nSPS) is 20.2. The molecule has 1 aliphatic rings. The number of benzene rings is 2. The lowest BCUT2D eigenvalue weighted by molar-refractivity contribution is -0.119. The summed E-state index contributed by atoms with van der Waals surface area (Å²) in [6, 6.07) is 14.8. The lowest BCUT2D eigenvalue weighted by atomic mass is 9.99. The van der Waals surface area contributed by atoms with Gasteiger partial charge in [0, 0.05) is 11.3 Å². The molecule has 0 aromatic heterocycles. The molecule has 0 aliphatic heterocycles. The highest BCUT2D eigenvalue weighted by Gasteiger charge is 2.22. The maximum Gasteiger partial charge on any atom is 0.146 e. The highest BCUT2D eigenvalue weighted by molar-refractivity contribution is 8.00. The van der Waals surface area contributed by atoms with Crippen molar-refractivity contribution in [2.75, 3.05) is 0 Å². The molecule has 2 heteroatoms. The van der Waals surface area contributed by atoms with Crippen molar-refractivity contribution in [2.24, 2.45) is 0 Å². The van der Waals surface area contributed by atoms with Crippen molar-refractivity contribution in [1.29, 1.82) is 0 Å². The van der Waals surface area contributed by atoms with E-state index in [0.717, 1.165) is 19.3 Å². The van der Waals surface area contributed by atoms with E-state index >= 15 is 0 Å². The minimum atomic E-state index is 0.180. The van der Waals surface area contributed by atoms with Gasteiger partial charge in [-0.3, -0.25) is 4.79 Å². The molecule has 1 saturated carbocycles. The number of Topliss-reactive ketones (excluding diaryl/α,β-unsaturated/α-hetero) is 1. The van der Waals surface area contributed by atoms with E-state index in [1.54, 1.807) is 11.8 Å². The van der Waals surface area contributed by atoms with E-state index in [9.17, 15) is 4.79 Å². The van der Waals surface area contributed by atoms with Gasteiger partial charge >= 0.3 is 0 Å². The van der Waals surface area contributed by atoms with Crippen molar-refractivity contribution in [3.8, 4) is 0 Å². The molecule has 0 unspecified atom stereocenters. The zero-order valence-electron chi connectivity index (χ0n) is 10.3. The van der Waals surface area contributed by atoms with Gasteiger partial charge in [-0.25, -0.2) is 0 Å². The summed E-state index contributed by atoms with van der Waals surface area (Å²) in [6.45, 7) is 0. The smallest absolute Gasteiger partial charge is 0.146 e. The third-order valence-corrected chi connectivity index (χ3v) is 4.81. The van der Waals surface area contributed by atoms with Crippen LogP contribution in [-0.2, 0) is 4.79 Å². The average Bonchev–Trinajstić information content (AvgIpc) is 2.41. The molecule has 1 nitrogen and oxygen atoms in total. The number of hydrogen-bond acceptors (Lipinski definition) is 2. The number of carbonyl (C=O) groups is 1. The molecule has 92 valence electrons. The number of hydrogen-bond donors (Lipinski definition) is 0. The zero-order chi connectivity index (χ0) is 12.4. The lowest BCUT2D eigenvalue weighted by Crippen LogP contribution is -2.21. The zero-order valence-corrected chi connectivity index (χ0v) is 11.1. The molecular formula is C16H16OS. The first-order chi connectivity index (χ1) is 8.83. The molecule has 1 fully saturated rings. The fourth-order valence-electron chi connectivity index (χ4n) is 2.48. The van der Waals surface area contributed by atoms with Crippen LogP contribution in [0.1, 0.15) is 25.7 Å². The summed E-state index contributed by atoms with van der Waals surface area (Å²) in [5.74, 6) is 0.430. The Labute approximate surface area is 112 Å². The Bertz CT molecular complexity index is 576. The average molecular weight is 256 g/mol. The molecule has 0 amide bonds. The van der Waals surface area contributed by atoms with Gasteiger partial charge in [0.15, 0.2) is 0 Å². The van der Waals surface area contributed by atoms with Crippen molar-refractivity contribution in [3.63, 3.8) is 0 Å². The summed E-state index contributed by atoms with van der Waals surface area (Å²) in [5, 5.41) is 2.70. The molecule has 2 aromatic carbocycles. The summed E-state index contributed by atoms with van der Waals surface area (Å²) < 4.78 is 0. The SMILES string of the molecule is O=C1CCCC[C@@H]1Sc1ccc2ccccc2c1. The minimum Gasteiger partial charge on any atom is -0.298 e. The number of carbonyl (C=O) groups excluding carboxylic acids is 1. The predicted molar refractivity (Wildman–Crippen MR) is 77.1 cm³/mol. The van der Waals surface area contributed by atoms with Gasteiger partial charge in [-0.15, -0.1) is 11.8 Å². The maximum atomic E-state index is 11.8. The van der Waals surface area contributed by atoms with Crippen LogP contribution in [0.4, 0.5) is 0 Å². The van der Waals surface area contributed by atoms with Crippen LogP contribution in [0.2, 0.25) is 0 Å². The summed E-state index contributed by atoms with van der Waals surface area (Å²) in [4.78, 5) is 13.1. The molecule has 18 heavy (non-hydrogen) atoms. The Morgan fingerprint density at radius 3 is 2.67 bits per heavy atom. The van der Waals surface area contributed by atoms with Gasteiger partial charge in [-0.1, -0.05) is 36.8 Å². The molecular weight excluding hydrogens is 240 g/mol. The minimum absolute atomic E-state index is 0.180. The Balaban J connectivity index is 1.83. The van der Waals surface area contributed by atoms with E-state index in [4.69, 9.17) is 0 Å². The molecule has 0 heterocycles. The van der Waals surface area contributed by atoms with E-state index < -0.39 is 0 Å². The molecule has 0 N–H and O–H groups in total. The number of rotatable bonds is 2. The molecule has 1 atom stereocenters. The topological polar surface area (TPSA) is 17.1 Å². The van der Waals surface area contributed by atoms with Gasteiger partial charge in [0.05, 0.1) is 5.25 Å². The Morgan fingerprint density at radius 2 is 1.83 bits per heavy atom. The largest absolute Gasteiger partial charge is 0.298 e. The molecule has 3 rings (SSSR count). The van der Waals surface area contributed by atoms with Crippen LogP contribution in [0.5, 0.6) is 0 Å². The van der Waals surface area contributed by atoms with Crippen molar-refractivity contribution in [2.45, 2.75) is 35.8 Å². The standard InChI is InChI=1S/C16H16OS/c17-15-7-3-4-8-16(15)18-14-10-9-12-5-1-2-6-13(12)11-14/h1-2,5-6,9-11,16H,3-4,7-8H2/t16-/m0/s1. The van der Waals surface area contributed by atoms with E-state index in [0.29, 0.717) is 5.78 Å². The molecule has 1 aliphatic carbocycles. The van der Waals surface area contributed by atoms with Gasteiger partial charge in [0.2, 0.25) is 0 Å². The molecule has 0 saturated heterocycles. The number of fused-ring (bicyclic) bond motifs is 1. The molecule has 0 spiro atoms. The van der Waals surface area contributed by atoms with Crippen LogP contribution in [0.25, 0.3) is 10.8 Å². The summed E-state index contributed by atoms with van der Waals surface area (Å²) in [7, 11) is 0. The Morgan fingerprint density at radius 1 is 1.00 bits per heavy atom. The lowest BCUT2D eigenvalue weighted by Gasteiger charge is -2.19. The van der Waals surface area contributed by atoms with Gasteiger partial charge in [0.1, 0.15) is 5.78 Å². The monoisotopic (exact) mass is 256 g/mol.